The van der Waals surface area contributed by atoms with Crippen molar-refractivity contribution in [3.8, 4) is 0 Å². The van der Waals surface area contributed by atoms with Gasteiger partial charge in [0.05, 0.1) is 12.8 Å². The number of carbonyl (C=O) groups is 2. The van der Waals surface area contributed by atoms with Crippen LogP contribution in [0.15, 0.2) is 29.2 Å². The highest BCUT2D eigenvalue weighted by atomic mass is 16.5. The van der Waals surface area contributed by atoms with Crippen LogP contribution in [0.3, 0.4) is 0 Å². The van der Waals surface area contributed by atoms with E-state index in [0.29, 0.717) is 43.9 Å². The van der Waals surface area contributed by atoms with Crippen molar-refractivity contribution < 1.29 is 14.3 Å². The molecule has 1 aliphatic rings. The van der Waals surface area contributed by atoms with E-state index in [4.69, 9.17) is 4.74 Å². The van der Waals surface area contributed by atoms with Crippen LogP contribution in [0.4, 0.5) is 0 Å². The minimum Gasteiger partial charge on any atom is -0.383 e. The summed E-state index contributed by atoms with van der Waals surface area (Å²) < 4.78 is 8.08. The van der Waals surface area contributed by atoms with Crippen molar-refractivity contribution >= 4 is 11.8 Å². The molecule has 0 aromatic carbocycles. The highest BCUT2D eigenvalue weighted by Crippen LogP contribution is 2.17. The van der Waals surface area contributed by atoms with E-state index in [2.05, 4.69) is 15.6 Å². The Morgan fingerprint density at radius 1 is 1.30 bits per heavy atom. The lowest BCUT2D eigenvalue weighted by Gasteiger charge is -2.26. The number of ether oxygens (including phenoxy) is 1. The van der Waals surface area contributed by atoms with E-state index in [0.717, 1.165) is 5.82 Å². The predicted molar refractivity (Wildman–Crippen MR) is 97.7 cm³/mol. The fraction of sp³-hybridized carbons (Fsp3) is 0.444. The van der Waals surface area contributed by atoms with Gasteiger partial charge in [-0.25, -0.2) is 4.98 Å². The molecule has 0 spiro atoms. The van der Waals surface area contributed by atoms with E-state index in [1.807, 2.05) is 4.57 Å². The molecule has 0 bridgehead atoms. The summed E-state index contributed by atoms with van der Waals surface area (Å²) in [6.07, 6.45) is 2.93. The second-order valence-corrected chi connectivity index (χ2v) is 6.44. The maximum Gasteiger partial charge on any atom is 0.269 e. The average molecular weight is 373 g/mol. The Kier molecular flexibility index (Phi) is 5.70. The molecule has 3 heterocycles. The normalized spacial score (nSPS) is 15.9. The zero-order valence-corrected chi connectivity index (χ0v) is 15.4. The summed E-state index contributed by atoms with van der Waals surface area (Å²) in [6.45, 7) is 1.30. The number of hydrogen-bond acceptors (Lipinski definition) is 5. The van der Waals surface area contributed by atoms with Crippen molar-refractivity contribution in [3.05, 3.63) is 52.0 Å². The minimum atomic E-state index is -0.310. The van der Waals surface area contributed by atoms with Crippen LogP contribution in [0, 0.1) is 0 Å². The highest BCUT2D eigenvalue weighted by Gasteiger charge is 2.26. The molecule has 0 radical (unpaired) electrons. The number of fused-ring (bicyclic) bond motifs is 1. The van der Waals surface area contributed by atoms with Gasteiger partial charge in [0, 0.05) is 45.8 Å². The molecule has 27 heavy (non-hydrogen) atoms. The Hall–Kier alpha value is -2.94. The van der Waals surface area contributed by atoms with Gasteiger partial charge >= 0.3 is 0 Å². The molecule has 1 aliphatic heterocycles. The SMILES string of the molecule is COCCNC(=O)c1cnc2n1CC(NC(=O)c1cccc(=O)n1C)CC2. The van der Waals surface area contributed by atoms with Gasteiger partial charge in [-0.2, -0.15) is 0 Å². The summed E-state index contributed by atoms with van der Waals surface area (Å²) in [6, 6.07) is 4.43. The molecule has 9 heteroatoms. The summed E-state index contributed by atoms with van der Waals surface area (Å²) in [5.74, 6) is 0.294. The number of aryl methyl sites for hydroxylation is 1. The fourth-order valence-corrected chi connectivity index (χ4v) is 3.14. The van der Waals surface area contributed by atoms with Crippen LogP contribution < -0.4 is 16.2 Å². The van der Waals surface area contributed by atoms with Gasteiger partial charge in [-0.3, -0.25) is 14.4 Å². The van der Waals surface area contributed by atoms with Gasteiger partial charge in [0.2, 0.25) is 0 Å². The van der Waals surface area contributed by atoms with Crippen molar-refractivity contribution in [1.82, 2.24) is 24.8 Å². The number of carbonyl (C=O) groups excluding carboxylic acids is 2. The van der Waals surface area contributed by atoms with Gasteiger partial charge in [-0.15, -0.1) is 0 Å². The standard InChI is InChI=1S/C18H23N5O4/c1-22-13(4-3-5-16(22)24)18(26)21-12-6-7-15-20-10-14(23(15)11-12)17(25)19-8-9-27-2/h3-5,10,12H,6-9,11H2,1-2H3,(H,19,25)(H,21,26). The molecule has 0 saturated carbocycles. The van der Waals surface area contributed by atoms with Gasteiger partial charge in [-0.05, 0) is 12.5 Å². The summed E-state index contributed by atoms with van der Waals surface area (Å²) >= 11 is 0. The first-order chi connectivity index (χ1) is 13.0. The largest absolute Gasteiger partial charge is 0.383 e. The van der Waals surface area contributed by atoms with Crippen molar-refractivity contribution in [2.24, 2.45) is 7.05 Å². The van der Waals surface area contributed by atoms with Crippen LogP contribution in [-0.2, 0) is 24.8 Å². The highest BCUT2D eigenvalue weighted by molar-refractivity contribution is 5.93. The van der Waals surface area contributed by atoms with Gasteiger partial charge < -0.3 is 24.5 Å². The molecule has 144 valence electrons. The Balaban J connectivity index is 1.70. The lowest BCUT2D eigenvalue weighted by molar-refractivity contribution is 0.0915. The quantitative estimate of drug-likeness (QED) is 0.676. The van der Waals surface area contributed by atoms with Crippen molar-refractivity contribution in [2.45, 2.75) is 25.4 Å². The first-order valence-corrected chi connectivity index (χ1v) is 8.79. The second-order valence-electron chi connectivity index (χ2n) is 6.44. The minimum absolute atomic E-state index is 0.153. The first-order valence-electron chi connectivity index (χ1n) is 8.79. The van der Waals surface area contributed by atoms with E-state index < -0.39 is 0 Å². The molecule has 0 fully saturated rings. The fourth-order valence-electron chi connectivity index (χ4n) is 3.14. The molecule has 1 unspecified atom stereocenters. The van der Waals surface area contributed by atoms with Crippen molar-refractivity contribution in [2.75, 3.05) is 20.3 Å². The van der Waals surface area contributed by atoms with Crippen molar-refractivity contribution in [3.63, 3.8) is 0 Å². The van der Waals surface area contributed by atoms with Gasteiger partial charge in [0.25, 0.3) is 17.4 Å². The summed E-state index contributed by atoms with van der Waals surface area (Å²) in [4.78, 5) is 40.9. The zero-order valence-electron chi connectivity index (χ0n) is 15.4. The number of nitrogens with one attached hydrogen (secondary N) is 2. The van der Waals surface area contributed by atoms with Crippen LogP contribution >= 0.6 is 0 Å². The summed E-state index contributed by atoms with van der Waals surface area (Å²) in [7, 11) is 3.14. The Bertz CT molecular complexity index is 901. The molecular formula is C18H23N5O4. The first kappa shape index (κ1) is 18.8. The van der Waals surface area contributed by atoms with E-state index in [-0.39, 0.29) is 23.4 Å². The molecule has 2 N–H and O–H groups in total. The molecule has 2 amide bonds. The zero-order chi connectivity index (χ0) is 19.4. The van der Waals surface area contributed by atoms with Gasteiger partial charge in [0.15, 0.2) is 0 Å². The van der Waals surface area contributed by atoms with E-state index in [1.165, 1.54) is 10.6 Å². The predicted octanol–water partition coefficient (Wildman–Crippen LogP) is -0.297. The molecular weight excluding hydrogens is 350 g/mol. The number of imidazole rings is 1. The number of rotatable bonds is 6. The Morgan fingerprint density at radius 2 is 2.11 bits per heavy atom. The number of hydrogen-bond donors (Lipinski definition) is 2. The third kappa shape index (κ3) is 4.08. The second kappa shape index (κ2) is 8.17. The molecule has 0 aliphatic carbocycles. The van der Waals surface area contributed by atoms with Crippen LogP contribution in [-0.4, -0.2) is 52.2 Å². The van der Waals surface area contributed by atoms with E-state index >= 15 is 0 Å². The molecule has 2 aromatic heterocycles. The third-order valence-electron chi connectivity index (χ3n) is 4.63. The Labute approximate surface area is 156 Å². The monoisotopic (exact) mass is 373 g/mol. The van der Waals surface area contributed by atoms with Gasteiger partial charge in [0.1, 0.15) is 17.2 Å². The van der Waals surface area contributed by atoms with Crippen LogP contribution in [0.5, 0.6) is 0 Å². The maximum atomic E-state index is 12.5. The van der Waals surface area contributed by atoms with Gasteiger partial charge in [-0.1, -0.05) is 6.07 Å². The van der Waals surface area contributed by atoms with Crippen LogP contribution in [0.1, 0.15) is 33.2 Å². The van der Waals surface area contributed by atoms with Crippen molar-refractivity contribution in [1.29, 1.82) is 0 Å². The van der Waals surface area contributed by atoms with Crippen LogP contribution in [0.2, 0.25) is 0 Å². The maximum absolute atomic E-state index is 12.5. The number of pyridine rings is 1. The summed E-state index contributed by atoms with van der Waals surface area (Å²) in [5, 5.41) is 5.73. The third-order valence-corrected chi connectivity index (χ3v) is 4.63. The number of methoxy groups -OCH3 is 1. The molecule has 9 nitrogen and oxygen atoms in total. The molecule has 3 rings (SSSR count). The smallest absolute Gasteiger partial charge is 0.269 e. The molecule has 0 saturated heterocycles. The summed E-state index contributed by atoms with van der Waals surface area (Å²) in [5.41, 5.74) is 0.529. The Morgan fingerprint density at radius 3 is 2.89 bits per heavy atom. The van der Waals surface area contributed by atoms with Crippen LogP contribution in [0.25, 0.3) is 0 Å². The number of nitrogens with zero attached hydrogens (tertiary/aromatic N) is 3. The lowest BCUT2D eigenvalue weighted by Crippen LogP contribution is -2.43. The average Bonchev–Trinajstić information content (AvgIpc) is 3.07. The van der Waals surface area contributed by atoms with E-state index in [1.54, 1.807) is 32.5 Å². The molecule has 1 atom stereocenters. The number of amides is 2. The lowest BCUT2D eigenvalue weighted by atomic mass is 10.1. The van der Waals surface area contributed by atoms with E-state index in [9.17, 15) is 14.4 Å². The molecule has 2 aromatic rings. The topological polar surface area (TPSA) is 107 Å². The number of aromatic nitrogens is 3.